The van der Waals surface area contributed by atoms with Crippen molar-refractivity contribution in [1.29, 1.82) is 0 Å². The summed E-state index contributed by atoms with van der Waals surface area (Å²) < 4.78 is 10.6. The molecule has 0 aromatic carbocycles. The Bertz CT molecular complexity index is 391. The van der Waals surface area contributed by atoms with Crippen LogP contribution in [0.1, 0.15) is 34.6 Å². The van der Waals surface area contributed by atoms with Crippen molar-refractivity contribution in [3.05, 3.63) is 0 Å². The Balaban J connectivity index is 2.10. The van der Waals surface area contributed by atoms with Crippen LogP contribution in [0.25, 0.3) is 0 Å². The van der Waals surface area contributed by atoms with Gasteiger partial charge in [0.1, 0.15) is 11.7 Å². The highest BCUT2D eigenvalue weighted by Crippen LogP contribution is 2.29. The first-order valence-electron chi connectivity index (χ1n) is 6.67. The van der Waals surface area contributed by atoms with E-state index in [4.69, 9.17) is 9.47 Å². The zero-order valence-electron chi connectivity index (χ0n) is 12.2. The van der Waals surface area contributed by atoms with E-state index >= 15 is 0 Å². The van der Waals surface area contributed by atoms with Gasteiger partial charge in [0, 0.05) is 13.1 Å². The van der Waals surface area contributed by atoms with Crippen LogP contribution < -0.4 is 0 Å². The summed E-state index contributed by atoms with van der Waals surface area (Å²) in [5.74, 6) is 0. The molecule has 108 valence electrons. The van der Waals surface area contributed by atoms with E-state index in [9.17, 15) is 9.59 Å². The Hall–Kier alpha value is -1.46. The molecule has 2 heterocycles. The average molecular weight is 270 g/mol. The number of ether oxygens (including phenoxy) is 2. The van der Waals surface area contributed by atoms with Gasteiger partial charge < -0.3 is 14.4 Å². The van der Waals surface area contributed by atoms with E-state index in [2.05, 4.69) is 0 Å². The summed E-state index contributed by atoms with van der Waals surface area (Å²) >= 11 is 0. The molecule has 0 aromatic heterocycles. The van der Waals surface area contributed by atoms with Gasteiger partial charge in [-0.3, -0.25) is 4.90 Å². The lowest BCUT2D eigenvalue weighted by molar-refractivity contribution is -0.00614. The van der Waals surface area contributed by atoms with Crippen LogP contribution in [0.15, 0.2) is 0 Å². The van der Waals surface area contributed by atoms with Crippen LogP contribution in [-0.2, 0) is 9.47 Å². The van der Waals surface area contributed by atoms with Crippen LogP contribution in [0, 0.1) is 0 Å². The predicted molar refractivity (Wildman–Crippen MR) is 68.8 cm³/mol. The normalized spacial score (nSPS) is 31.0. The van der Waals surface area contributed by atoms with Crippen molar-refractivity contribution in [2.75, 3.05) is 13.1 Å². The third-order valence-electron chi connectivity index (χ3n) is 3.56. The van der Waals surface area contributed by atoms with Gasteiger partial charge in [-0.25, -0.2) is 9.59 Å². The fourth-order valence-corrected chi connectivity index (χ4v) is 2.75. The largest absolute Gasteiger partial charge is 0.444 e. The molecule has 6 heteroatoms. The lowest BCUT2D eigenvalue weighted by Crippen LogP contribution is -2.61. The molecule has 2 aliphatic rings. The molecule has 2 fully saturated rings. The Morgan fingerprint density at radius 2 is 1.95 bits per heavy atom. The van der Waals surface area contributed by atoms with Crippen molar-refractivity contribution in [2.45, 2.75) is 58.4 Å². The number of piperazine rings is 1. The molecular formula is C13H22N2O4. The summed E-state index contributed by atoms with van der Waals surface area (Å²) in [6.07, 6.45) is -0.813. The van der Waals surface area contributed by atoms with Crippen molar-refractivity contribution in [1.82, 2.24) is 9.80 Å². The first-order chi connectivity index (χ1) is 8.70. The van der Waals surface area contributed by atoms with Crippen LogP contribution in [0.2, 0.25) is 0 Å². The van der Waals surface area contributed by atoms with Crippen LogP contribution >= 0.6 is 0 Å². The molecule has 0 saturated carbocycles. The predicted octanol–water partition coefficient (Wildman–Crippen LogP) is 1.83. The van der Waals surface area contributed by atoms with Crippen molar-refractivity contribution in [2.24, 2.45) is 0 Å². The monoisotopic (exact) mass is 270 g/mol. The molecule has 3 atom stereocenters. The summed E-state index contributed by atoms with van der Waals surface area (Å²) in [5, 5.41) is 0. The Morgan fingerprint density at radius 3 is 2.53 bits per heavy atom. The molecular weight excluding hydrogens is 248 g/mol. The quantitative estimate of drug-likeness (QED) is 0.674. The topological polar surface area (TPSA) is 59.1 Å². The number of amides is 2. The van der Waals surface area contributed by atoms with Gasteiger partial charge in [0.25, 0.3) is 0 Å². The second-order valence-electron chi connectivity index (χ2n) is 6.19. The Morgan fingerprint density at radius 1 is 1.32 bits per heavy atom. The van der Waals surface area contributed by atoms with Gasteiger partial charge in [-0.1, -0.05) is 0 Å². The van der Waals surface area contributed by atoms with Crippen molar-refractivity contribution >= 4 is 12.2 Å². The van der Waals surface area contributed by atoms with Gasteiger partial charge >= 0.3 is 12.2 Å². The second-order valence-corrected chi connectivity index (χ2v) is 6.19. The van der Waals surface area contributed by atoms with Crippen LogP contribution in [-0.4, -0.2) is 58.9 Å². The molecule has 0 radical (unpaired) electrons. The minimum atomic E-state index is -0.512. The maximum absolute atomic E-state index is 12.2. The van der Waals surface area contributed by atoms with E-state index in [1.807, 2.05) is 34.6 Å². The van der Waals surface area contributed by atoms with Gasteiger partial charge in [0.05, 0.1) is 12.1 Å². The number of carbonyl (C=O) groups excluding carboxylic acids is 2. The summed E-state index contributed by atoms with van der Waals surface area (Å²) in [4.78, 5) is 27.2. The molecule has 0 N–H and O–H groups in total. The van der Waals surface area contributed by atoms with E-state index in [0.717, 1.165) is 0 Å². The number of fused-ring (bicyclic) bond motifs is 1. The number of nitrogens with zero attached hydrogens (tertiary/aromatic N) is 2. The summed E-state index contributed by atoms with van der Waals surface area (Å²) in [6, 6.07) is -0.196. The van der Waals surface area contributed by atoms with E-state index in [1.54, 1.807) is 9.80 Å². The van der Waals surface area contributed by atoms with E-state index in [1.165, 1.54) is 0 Å². The van der Waals surface area contributed by atoms with Crippen LogP contribution in [0.5, 0.6) is 0 Å². The van der Waals surface area contributed by atoms with Gasteiger partial charge in [-0.2, -0.15) is 0 Å². The zero-order valence-corrected chi connectivity index (χ0v) is 12.2. The van der Waals surface area contributed by atoms with Gasteiger partial charge in [0.2, 0.25) is 0 Å². The lowest BCUT2D eigenvalue weighted by Gasteiger charge is -2.42. The molecule has 0 aliphatic carbocycles. The smallest absolute Gasteiger partial charge is 0.410 e. The Kier molecular flexibility index (Phi) is 3.36. The van der Waals surface area contributed by atoms with Crippen molar-refractivity contribution in [3.63, 3.8) is 0 Å². The number of carbonyl (C=O) groups is 2. The highest BCUT2D eigenvalue weighted by molar-refractivity contribution is 5.73. The molecule has 0 spiro atoms. The number of hydrogen-bond donors (Lipinski definition) is 0. The fraction of sp³-hybridized carbons (Fsp3) is 0.846. The summed E-state index contributed by atoms with van der Waals surface area (Å²) in [5.41, 5.74) is -0.512. The molecule has 6 nitrogen and oxygen atoms in total. The van der Waals surface area contributed by atoms with Gasteiger partial charge in [0.15, 0.2) is 0 Å². The molecule has 3 unspecified atom stereocenters. The van der Waals surface area contributed by atoms with Gasteiger partial charge in [-0.05, 0) is 34.6 Å². The first-order valence-corrected chi connectivity index (χ1v) is 6.67. The van der Waals surface area contributed by atoms with Crippen molar-refractivity contribution in [3.8, 4) is 0 Å². The van der Waals surface area contributed by atoms with E-state index in [-0.39, 0.29) is 30.4 Å². The van der Waals surface area contributed by atoms with E-state index in [0.29, 0.717) is 13.1 Å². The number of cyclic esters (lactones) is 1. The third kappa shape index (κ3) is 2.62. The molecule has 0 bridgehead atoms. The molecule has 19 heavy (non-hydrogen) atoms. The summed E-state index contributed by atoms with van der Waals surface area (Å²) in [6.45, 7) is 10.3. The minimum absolute atomic E-state index is 0.0891. The molecule has 2 aliphatic heterocycles. The average Bonchev–Trinajstić information content (AvgIpc) is 2.52. The highest BCUT2D eigenvalue weighted by Gasteiger charge is 2.48. The molecule has 0 aromatic rings. The zero-order chi connectivity index (χ0) is 14.4. The summed E-state index contributed by atoms with van der Waals surface area (Å²) in [7, 11) is 0. The molecule has 2 amide bonds. The first kappa shape index (κ1) is 14.0. The maximum atomic E-state index is 12.2. The second kappa shape index (κ2) is 4.58. The Labute approximate surface area is 113 Å². The number of hydrogen-bond acceptors (Lipinski definition) is 4. The molecule has 2 rings (SSSR count). The van der Waals surface area contributed by atoms with Crippen LogP contribution in [0.4, 0.5) is 9.59 Å². The van der Waals surface area contributed by atoms with Gasteiger partial charge in [-0.15, -0.1) is 0 Å². The maximum Gasteiger partial charge on any atom is 0.410 e. The highest BCUT2D eigenvalue weighted by atomic mass is 16.6. The standard InChI is InChI=1S/C13H22N2O4/c1-8-10-9(2)18-11(16)15(10)7-6-14(8)12(17)19-13(3,4)5/h8-10H,6-7H2,1-5H3. The van der Waals surface area contributed by atoms with E-state index < -0.39 is 5.60 Å². The van der Waals surface area contributed by atoms with Crippen molar-refractivity contribution < 1.29 is 19.1 Å². The fourth-order valence-electron chi connectivity index (χ4n) is 2.75. The minimum Gasteiger partial charge on any atom is -0.444 e. The SMILES string of the molecule is CC1OC(=O)N2CCN(C(=O)OC(C)(C)C)C(C)C12. The molecule has 2 saturated heterocycles. The third-order valence-corrected chi connectivity index (χ3v) is 3.56. The lowest BCUT2D eigenvalue weighted by atomic mass is 10.0. The van der Waals surface area contributed by atoms with Crippen LogP contribution in [0.3, 0.4) is 0 Å². The number of rotatable bonds is 0.